The minimum absolute atomic E-state index is 0.0384. The maximum absolute atomic E-state index is 13.1. The first-order valence-corrected chi connectivity index (χ1v) is 10.2. The van der Waals surface area contributed by atoms with Crippen molar-refractivity contribution in [2.24, 2.45) is 11.8 Å². The highest BCUT2D eigenvalue weighted by Gasteiger charge is 2.53. The van der Waals surface area contributed by atoms with Gasteiger partial charge in [0.1, 0.15) is 11.8 Å². The molecule has 2 aliphatic rings. The Morgan fingerprint density at radius 1 is 1.30 bits per heavy atom. The number of carbonyl (C=O) groups excluding carboxylic acids is 2. The SMILES string of the molecule is CC(C)CC(=O)N1[C@H](C(=O)NCc2ccccc2)CO[C@]12CCC[C@@H](C)C2. The fourth-order valence-electron chi connectivity index (χ4n) is 4.43. The van der Waals surface area contributed by atoms with Crippen LogP contribution in [0.2, 0.25) is 0 Å². The third-order valence-electron chi connectivity index (χ3n) is 5.66. The highest BCUT2D eigenvalue weighted by molar-refractivity contribution is 5.89. The van der Waals surface area contributed by atoms with Crippen molar-refractivity contribution in [2.45, 2.75) is 71.2 Å². The molecule has 1 aromatic carbocycles. The van der Waals surface area contributed by atoms with E-state index in [1.165, 1.54) is 0 Å². The van der Waals surface area contributed by atoms with Crippen molar-refractivity contribution in [1.82, 2.24) is 10.2 Å². The maximum Gasteiger partial charge on any atom is 0.245 e. The zero-order chi connectivity index (χ0) is 19.4. The molecule has 0 unspecified atom stereocenters. The van der Waals surface area contributed by atoms with Gasteiger partial charge in [0.2, 0.25) is 11.8 Å². The van der Waals surface area contributed by atoms with Gasteiger partial charge in [-0.15, -0.1) is 0 Å². The second-order valence-electron chi connectivity index (χ2n) is 8.54. The van der Waals surface area contributed by atoms with Crippen LogP contribution in [-0.2, 0) is 20.9 Å². The summed E-state index contributed by atoms with van der Waals surface area (Å²) in [6.07, 6.45) is 4.28. The Balaban J connectivity index is 1.76. The normalized spacial score (nSPS) is 27.9. The molecule has 5 heteroatoms. The Morgan fingerprint density at radius 2 is 2.04 bits per heavy atom. The van der Waals surface area contributed by atoms with E-state index in [1.807, 2.05) is 44.2 Å². The van der Waals surface area contributed by atoms with Gasteiger partial charge in [-0.3, -0.25) is 14.5 Å². The minimum Gasteiger partial charge on any atom is -0.353 e. The molecule has 1 saturated heterocycles. The molecule has 2 amide bonds. The van der Waals surface area contributed by atoms with Crippen molar-refractivity contribution in [1.29, 1.82) is 0 Å². The van der Waals surface area contributed by atoms with E-state index >= 15 is 0 Å². The van der Waals surface area contributed by atoms with Gasteiger partial charge in [0.25, 0.3) is 0 Å². The molecule has 3 atom stereocenters. The fourth-order valence-corrected chi connectivity index (χ4v) is 4.43. The largest absolute Gasteiger partial charge is 0.353 e. The number of rotatable bonds is 5. The fraction of sp³-hybridized carbons (Fsp3) is 0.636. The zero-order valence-corrected chi connectivity index (χ0v) is 16.7. The summed E-state index contributed by atoms with van der Waals surface area (Å²) < 4.78 is 6.20. The molecular weight excluding hydrogens is 340 g/mol. The van der Waals surface area contributed by atoms with E-state index in [-0.39, 0.29) is 24.3 Å². The average molecular weight is 373 g/mol. The molecule has 1 spiro atoms. The second kappa shape index (κ2) is 8.42. The third-order valence-corrected chi connectivity index (χ3v) is 5.66. The molecule has 2 fully saturated rings. The van der Waals surface area contributed by atoms with Crippen molar-refractivity contribution in [3.05, 3.63) is 35.9 Å². The molecule has 1 aliphatic heterocycles. The molecule has 1 aliphatic carbocycles. The summed E-state index contributed by atoms with van der Waals surface area (Å²) in [5.74, 6) is 0.672. The molecule has 0 radical (unpaired) electrons. The predicted molar refractivity (Wildman–Crippen MR) is 105 cm³/mol. The Labute approximate surface area is 162 Å². The average Bonchev–Trinajstić information content (AvgIpc) is 2.98. The van der Waals surface area contributed by atoms with Gasteiger partial charge in [0.15, 0.2) is 0 Å². The summed E-state index contributed by atoms with van der Waals surface area (Å²) in [5.41, 5.74) is 0.448. The van der Waals surface area contributed by atoms with Gasteiger partial charge in [-0.05, 0) is 36.7 Å². The van der Waals surface area contributed by atoms with Gasteiger partial charge in [0, 0.05) is 13.0 Å². The molecule has 0 aromatic heterocycles. The number of nitrogens with zero attached hydrogens (tertiary/aromatic N) is 1. The number of benzene rings is 1. The summed E-state index contributed by atoms with van der Waals surface area (Å²) >= 11 is 0. The van der Waals surface area contributed by atoms with Crippen molar-refractivity contribution >= 4 is 11.8 Å². The quantitative estimate of drug-likeness (QED) is 0.861. The van der Waals surface area contributed by atoms with E-state index in [4.69, 9.17) is 4.74 Å². The van der Waals surface area contributed by atoms with Gasteiger partial charge in [-0.25, -0.2) is 0 Å². The second-order valence-corrected chi connectivity index (χ2v) is 8.54. The Hall–Kier alpha value is -1.88. The first-order chi connectivity index (χ1) is 12.9. The molecule has 1 heterocycles. The maximum atomic E-state index is 13.1. The minimum atomic E-state index is -0.599. The van der Waals surface area contributed by atoms with Gasteiger partial charge >= 0.3 is 0 Å². The van der Waals surface area contributed by atoms with Crippen molar-refractivity contribution in [2.75, 3.05) is 6.61 Å². The summed E-state index contributed by atoms with van der Waals surface area (Å²) in [6.45, 7) is 7.03. The van der Waals surface area contributed by atoms with Crippen LogP contribution in [0.5, 0.6) is 0 Å². The number of hydrogen-bond donors (Lipinski definition) is 1. The number of hydrogen-bond acceptors (Lipinski definition) is 3. The van der Waals surface area contributed by atoms with Crippen molar-refractivity contribution < 1.29 is 14.3 Å². The van der Waals surface area contributed by atoms with E-state index < -0.39 is 11.8 Å². The number of nitrogens with one attached hydrogen (secondary N) is 1. The lowest BCUT2D eigenvalue weighted by Gasteiger charge is -2.43. The Bertz CT molecular complexity index is 661. The van der Waals surface area contributed by atoms with Crippen LogP contribution in [0.25, 0.3) is 0 Å². The van der Waals surface area contributed by atoms with Crippen LogP contribution >= 0.6 is 0 Å². The first-order valence-electron chi connectivity index (χ1n) is 10.2. The molecule has 148 valence electrons. The monoisotopic (exact) mass is 372 g/mol. The highest BCUT2D eigenvalue weighted by Crippen LogP contribution is 2.43. The van der Waals surface area contributed by atoms with E-state index in [2.05, 4.69) is 12.2 Å². The van der Waals surface area contributed by atoms with Gasteiger partial charge in [-0.1, -0.05) is 57.5 Å². The van der Waals surface area contributed by atoms with Crippen LogP contribution in [0.1, 0.15) is 58.4 Å². The van der Waals surface area contributed by atoms with Gasteiger partial charge in [-0.2, -0.15) is 0 Å². The third kappa shape index (κ3) is 4.52. The summed E-state index contributed by atoms with van der Waals surface area (Å²) in [6, 6.07) is 9.30. The Kier molecular flexibility index (Phi) is 6.20. The topological polar surface area (TPSA) is 58.6 Å². The van der Waals surface area contributed by atoms with Crippen LogP contribution in [-0.4, -0.2) is 35.1 Å². The molecule has 1 N–H and O–H groups in total. The van der Waals surface area contributed by atoms with Crippen LogP contribution in [0.3, 0.4) is 0 Å². The lowest BCUT2D eigenvalue weighted by Crippen LogP contribution is -2.57. The Morgan fingerprint density at radius 3 is 2.70 bits per heavy atom. The summed E-state index contributed by atoms with van der Waals surface area (Å²) in [4.78, 5) is 27.8. The molecule has 1 saturated carbocycles. The standard InChI is InChI=1S/C22H32N2O3/c1-16(2)12-20(25)24-19(15-27-22(24)11-7-8-17(3)13-22)21(26)23-14-18-9-5-4-6-10-18/h4-6,9-10,16-17,19H,7-8,11-15H2,1-3H3,(H,23,26)/t17-,19+,22+/m1/s1. The number of carbonyl (C=O) groups is 2. The number of amides is 2. The predicted octanol–water partition coefficient (Wildman–Crippen LogP) is 3.48. The van der Waals surface area contributed by atoms with E-state index in [9.17, 15) is 9.59 Å². The van der Waals surface area contributed by atoms with Crippen LogP contribution in [0.15, 0.2) is 30.3 Å². The van der Waals surface area contributed by atoms with Crippen molar-refractivity contribution in [3.63, 3.8) is 0 Å². The molecule has 0 bridgehead atoms. The first kappa shape index (κ1) is 19.9. The smallest absolute Gasteiger partial charge is 0.245 e. The highest BCUT2D eigenvalue weighted by atomic mass is 16.5. The molecule has 27 heavy (non-hydrogen) atoms. The van der Waals surface area contributed by atoms with Crippen molar-refractivity contribution in [3.8, 4) is 0 Å². The zero-order valence-electron chi connectivity index (χ0n) is 16.7. The molecule has 3 rings (SSSR count). The number of ether oxygens (including phenoxy) is 1. The molecular formula is C22H32N2O3. The lowest BCUT2D eigenvalue weighted by atomic mass is 9.83. The van der Waals surface area contributed by atoms with Crippen LogP contribution < -0.4 is 5.32 Å². The van der Waals surface area contributed by atoms with Crippen LogP contribution in [0, 0.1) is 11.8 Å². The van der Waals surface area contributed by atoms with E-state index in [0.717, 1.165) is 31.2 Å². The van der Waals surface area contributed by atoms with E-state index in [0.29, 0.717) is 18.9 Å². The molecule has 5 nitrogen and oxygen atoms in total. The van der Waals surface area contributed by atoms with E-state index in [1.54, 1.807) is 4.90 Å². The van der Waals surface area contributed by atoms with Crippen LogP contribution in [0.4, 0.5) is 0 Å². The summed E-state index contributed by atoms with van der Waals surface area (Å²) in [5, 5.41) is 3.00. The van der Waals surface area contributed by atoms with Gasteiger partial charge in [0.05, 0.1) is 6.61 Å². The molecule has 1 aromatic rings. The van der Waals surface area contributed by atoms with Gasteiger partial charge < -0.3 is 10.1 Å². The lowest BCUT2D eigenvalue weighted by molar-refractivity contribution is -0.163. The summed E-state index contributed by atoms with van der Waals surface area (Å²) in [7, 11) is 0.